The van der Waals surface area contributed by atoms with Gasteiger partial charge in [-0.25, -0.2) is 0 Å². The first-order chi connectivity index (χ1) is 26.8. The van der Waals surface area contributed by atoms with Crippen molar-refractivity contribution < 1.29 is 57.7 Å². The first-order valence-corrected chi connectivity index (χ1v) is 23.1. The van der Waals surface area contributed by atoms with Crippen LogP contribution in [0.2, 0.25) is 5.04 Å². The summed E-state index contributed by atoms with van der Waals surface area (Å²) in [6.07, 6.45) is 2.70. The zero-order chi connectivity index (χ0) is 39.9. The molecule has 0 saturated heterocycles. The van der Waals surface area contributed by atoms with E-state index < -0.39 is 8.07 Å². The number of rotatable bonds is 10. The van der Waals surface area contributed by atoms with Crippen molar-refractivity contribution in [2.45, 2.75) is 93.5 Å². The van der Waals surface area contributed by atoms with E-state index in [9.17, 15) is 0 Å². The maximum Gasteiger partial charge on any atom is -1.00 e. The van der Waals surface area contributed by atoms with E-state index in [4.69, 9.17) is 0 Å². The summed E-state index contributed by atoms with van der Waals surface area (Å²) in [5.41, 5.74) is 21.4. The molecule has 6 aromatic rings. The standard InChI is InChI=1S/C54H57Si.3ClH.Ti/c1-36-26-29-39(4)51(48(36)32-45-20-14-11-15-21-45)55(54(10)35-42(7)43(8)44(54)9,52-40(5)30-27-37(2)49(52)33-46-22-16-12-17-23-46)53-41(6)31-28-38(3)50(53)34-47-24-18-13-19-25-47;;;;/h11-31H,32-34H2,1-10H3;3*1H;/q;;;;+3/p-3. The van der Waals surface area contributed by atoms with Crippen molar-refractivity contribution in [2.75, 3.05) is 0 Å². The van der Waals surface area contributed by atoms with Crippen LogP contribution < -0.4 is 52.8 Å². The Morgan fingerprint density at radius 3 is 0.915 bits per heavy atom. The molecule has 1 unspecified atom stereocenters. The van der Waals surface area contributed by atoms with Gasteiger partial charge in [0, 0.05) is 0 Å². The van der Waals surface area contributed by atoms with Crippen molar-refractivity contribution in [2.24, 2.45) is 0 Å². The van der Waals surface area contributed by atoms with Gasteiger partial charge in [0.05, 0.1) is 0 Å². The Bertz CT molecular complexity index is 2240. The summed E-state index contributed by atoms with van der Waals surface area (Å²) in [7, 11) is -3.26. The minimum atomic E-state index is -3.26. The topological polar surface area (TPSA) is 0 Å². The van der Waals surface area contributed by atoms with E-state index >= 15 is 0 Å². The minimum Gasteiger partial charge on any atom is -1.00 e. The number of allylic oxidation sites excluding steroid dienone is 4. The van der Waals surface area contributed by atoms with Crippen LogP contribution in [-0.4, -0.2) is 8.07 Å². The van der Waals surface area contributed by atoms with Crippen LogP contribution in [0.5, 0.6) is 0 Å². The van der Waals surface area contributed by atoms with Gasteiger partial charge in [-0.2, -0.15) is 0 Å². The van der Waals surface area contributed by atoms with Gasteiger partial charge in [-0.15, -0.1) is 0 Å². The Balaban J connectivity index is 0.00000256. The van der Waals surface area contributed by atoms with Crippen LogP contribution in [0.1, 0.15) is 94.5 Å². The molecule has 0 nitrogen and oxygen atoms in total. The maximum absolute atomic E-state index is 3.26. The van der Waals surface area contributed by atoms with Crippen LogP contribution in [0, 0.1) is 41.5 Å². The first-order valence-electron chi connectivity index (χ1n) is 20.3. The van der Waals surface area contributed by atoms with Gasteiger partial charge in [0.1, 0.15) is 0 Å². The predicted molar refractivity (Wildman–Crippen MR) is 240 cm³/mol. The molecular weight excluding hydrogens is 831 g/mol. The Kier molecular flexibility index (Phi) is 16.0. The van der Waals surface area contributed by atoms with Crippen molar-refractivity contribution in [1.29, 1.82) is 0 Å². The molecule has 0 saturated carbocycles. The molecule has 0 bridgehead atoms. The summed E-state index contributed by atoms with van der Waals surface area (Å²) in [4.78, 5) is 0. The van der Waals surface area contributed by atoms with E-state index in [2.05, 4.69) is 217 Å². The van der Waals surface area contributed by atoms with Gasteiger partial charge in [0.25, 0.3) is 0 Å². The SMILES string of the molecule is CC1=C(C)C(C)([Si](c2c(C)ccc(C)c2Cc2ccccc2)(c2c(C)ccc(C)c2Cc2ccccc2)c2c(C)ccc(C)c2Cc2ccccc2)[C]([Ti+3])=C1C.[Cl-].[Cl-].[Cl-]. The molecule has 0 radical (unpaired) electrons. The third-order valence-corrected chi connectivity index (χ3v) is 21.8. The van der Waals surface area contributed by atoms with Crippen molar-refractivity contribution in [1.82, 2.24) is 0 Å². The number of benzene rings is 6. The fourth-order valence-electron chi connectivity index (χ4n) is 10.3. The van der Waals surface area contributed by atoms with Crippen LogP contribution in [0.3, 0.4) is 0 Å². The van der Waals surface area contributed by atoms with E-state index in [1.807, 2.05) is 0 Å². The van der Waals surface area contributed by atoms with E-state index in [0.717, 1.165) is 19.3 Å². The largest absolute Gasteiger partial charge is 1.00 e. The van der Waals surface area contributed by atoms with Crippen LogP contribution in [0.4, 0.5) is 0 Å². The minimum absolute atomic E-state index is 0. The van der Waals surface area contributed by atoms with Crippen LogP contribution in [0.15, 0.2) is 148 Å². The van der Waals surface area contributed by atoms with Gasteiger partial charge in [-0.1, -0.05) is 0 Å². The van der Waals surface area contributed by atoms with Crippen LogP contribution >= 0.6 is 0 Å². The molecule has 5 heteroatoms. The maximum atomic E-state index is 2.68. The van der Waals surface area contributed by atoms with Crippen molar-refractivity contribution >= 4 is 23.6 Å². The fourth-order valence-corrected chi connectivity index (χ4v) is 19.5. The molecule has 0 aliphatic heterocycles. The first kappa shape index (κ1) is 48.3. The second-order valence-corrected chi connectivity index (χ2v) is 21.6. The van der Waals surface area contributed by atoms with Crippen molar-refractivity contribution in [3.8, 4) is 0 Å². The molecule has 6 aromatic carbocycles. The number of hydrogen-bond acceptors (Lipinski definition) is 0. The van der Waals surface area contributed by atoms with Gasteiger partial charge < -0.3 is 37.2 Å². The molecule has 1 atom stereocenters. The normalized spacial score (nSPS) is 15.1. The Hall–Kier alpha value is -3.40. The summed E-state index contributed by atoms with van der Waals surface area (Å²) in [6.45, 7) is 24.4. The summed E-state index contributed by atoms with van der Waals surface area (Å²) < 4.78 is 1.53. The molecule has 0 spiro atoms. The van der Waals surface area contributed by atoms with E-state index in [-0.39, 0.29) is 42.3 Å². The smallest absolute Gasteiger partial charge is 1.00 e. The average molecular weight is 888 g/mol. The number of hydrogen-bond donors (Lipinski definition) is 0. The quantitative estimate of drug-likeness (QED) is 0.147. The molecule has 0 N–H and O–H groups in total. The molecule has 1 aliphatic carbocycles. The van der Waals surface area contributed by atoms with Gasteiger partial charge in [0.2, 0.25) is 0 Å². The Labute approximate surface area is 386 Å². The molecule has 59 heavy (non-hydrogen) atoms. The predicted octanol–water partition coefficient (Wildman–Crippen LogP) is 2.72. The average Bonchev–Trinajstić information content (AvgIpc) is 3.35. The van der Waals surface area contributed by atoms with Crippen molar-refractivity contribution in [3.05, 3.63) is 215 Å². The second kappa shape index (κ2) is 19.5. The van der Waals surface area contributed by atoms with Gasteiger partial charge in [-0.05, 0) is 0 Å². The van der Waals surface area contributed by atoms with E-state index in [1.54, 1.807) is 15.6 Å². The summed E-state index contributed by atoms with van der Waals surface area (Å²) >= 11 is 2.49. The molecule has 0 amide bonds. The van der Waals surface area contributed by atoms with Gasteiger partial charge in [0.15, 0.2) is 0 Å². The van der Waals surface area contributed by atoms with Gasteiger partial charge >= 0.3 is 352 Å². The molecular formula is C54H57Cl3SiTi. The summed E-state index contributed by atoms with van der Waals surface area (Å²) in [5, 5.41) is 4.56. The van der Waals surface area contributed by atoms with Crippen LogP contribution in [-0.2, 0) is 39.7 Å². The summed E-state index contributed by atoms with van der Waals surface area (Å²) in [5.74, 6) is 0. The third-order valence-electron chi connectivity index (χ3n) is 13.6. The molecule has 0 aromatic heterocycles. The van der Waals surface area contributed by atoms with E-state index in [1.165, 1.54) is 87.4 Å². The van der Waals surface area contributed by atoms with Crippen molar-refractivity contribution in [3.63, 3.8) is 0 Å². The zero-order valence-corrected chi connectivity index (χ0v) is 41.2. The zero-order valence-electron chi connectivity index (χ0n) is 36.4. The Morgan fingerprint density at radius 1 is 0.390 bits per heavy atom. The summed E-state index contributed by atoms with van der Waals surface area (Å²) in [6, 6.07) is 48.3. The molecule has 1 aliphatic rings. The van der Waals surface area contributed by atoms with E-state index in [0.29, 0.717) is 0 Å². The monoisotopic (exact) mass is 886 g/mol. The van der Waals surface area contributed by atoms with Gasteiger partial charge in [-0.3, -0.25) is 0 Å². The molecule has 302 valence electrons. The molecule has 7 rings (SSSR count). The Morgan fingerprint density at radius 2 is 0.661 bits per heavy atom. The molecule has 0 fully saturated rings. The second-order valence-electron chi connectivity index (χ2n) is 16.8. The van der Waals surface area contributed by atoms with Crippen LogP contribution in [0.25, 0.3) is 0 Å². The molecule has 0 heterocycles. The number of aryl methyl sites for hydroxylation is 6. The third kappa shape index (κ3) is 8.34. The number of halogens is 3. The fraction of sp³-hybridized carbons (Fsp3) is 0.259.